The first-order valence-electron chi connectivity index (χ1n) is 9.73. The number of hydrogen-bond acceptors (Lipinski definition) is 4. The van der Waals surface area contributed by atoms with Crippen molar-refractivity contribution in [1.29, 1.82) is 0 Å². The number of allylic oxidation sites excluding steroid dienone is 4. The Bertz CT molecular complexity index is 1170. The normalized spacial score (nSPS) is 20.3. The molecule has 2 aromatic carbocycles. The minimum absolute atomic E-state index is 0.0217. The second kappa shape index (κ2) is 5.38. The highest BCUT2D eigenvalue weighted by Crippen LogP contribution is 2.56. The maximum absolute atomic E-state index is 4.46. The quantitative estimate of drug-likeness (QED) is 0.591. The molecule has 2 aliphatic carbocycles. The highest BCUT2D eigenvalue weighted by atomic mass is 15.3. The molecule has 1 aromatic heterocycles. The van der Waals surface area contributed by atoms with E-state index in [1.165, 1.54) is 39.2 Å². The van der Waals surface area contributed by atoms with E-state index in [1.54, 1.807) is 12.7 Å². The molecule has 4 nitrogen and oxygen atoms in total. The fraction of sp³-hybridized carbons (Fsp3) is 0.208. The van der Waals surface area contributed by atoms with Crippen molar-refractivity contribution in [1.82, 2.24) is 15.0 Å². The number of anilines is 2. The minimum Gasteiger partial charge on any atom is -0.282 e. The van der Waals surface area contributed by atoms with Crippen LogP contribution in [0.1, 0.15) is 42.9 Å². The van der Waals surface area contributed by atoms with E-state index < -0.39 is 0 Å². The summed E-state index contributed by atoms with van der Waals surface area (Å²) in [7, 11) is 0. The van der Waals surface area contributed by atoms with Crippen LogP contribution in [0.4, 0.5) is 11.6 Å². The summed E-state index contributed by atoms with van der Waals surface area (Å²) in [6.45, 7) is 4.64. The summed E-state index contributed by atoms with van der Waals surface area (Å²) in [6, 6.07) is 13.6. The van der Waals surface area contributed by atoms with Crippen LogP contribution < -0.4 is 4.90 Å². The van der Waals surface area contributed by atoms with Gasteiger partial charge >= 0.3 is 0 Å². The van der Waals surface area contributed by atoms with E-state index in [9.17, 15) is 0 Å². The number of nitrogens with zero attached hydrogens (tertiary/aromatic N) is 4. The van der Waals surface area contributed by atoms with Gasteiger partial charge in [-0.15, -0.1) is 0 Å². The first-order chi connectivity index (χ1) is 13.7. The Morgan fingerprint density at radius 2 is 1.82 bits per heavy atom. The van der Waals surface area contributed by atoms with Gasteiger partial charge in [0.05, 0.1) is 5.69 Å². The van der Waals surface area contributed by atoms with Crippen LogP contribution in [0.3, 0.4) is 0 Å². The number of hydrogen-bond donors (Lipinski definition) is 0. The predicted octanol–water partition coefficient (Wildman–Crippen LogP) is 5.26. The minimum atomic E-state index is -0.0217. The van der Waals surface area contributed by atoms with E-state index in [0.29, 0.717) is 11.9 Å². The van der Waals surface area contributed by atoms with E-state index >= 15 is 0 Å². The SMILES string of the molecule is CC1(C)c2ccccc2-c2cc3c(cc21)N(c1ncncn1)C1=CC=CCC13. The van der Waals surface area contributed by atoms with Gasteiger partial charge in [0.2, 0.25) is 5.95 Å². The highest BCUT2D eigenvalue weighted by molar-refractivity contribution is 5.87. The highest BCUT2D eigenvalue weighted by Gasteiger charge is 2.41. The monoisotopic (exact) mass is 364 g/mol. The molecule has 3 aromatic rings. The van der Waals surface area contributed by atoms with E-state index in [1.807, 2.05) is 0 Å². The smallest absolute Gasteiger partial charge is 0.237 e. The van der Waals surface area contributed by atoms with Gasteiger partial charge in [0.25, 0.3) is 0 Å². The maximum atomic E-state index is 4.46. The van der Waals surface area contributed by atoms with Crippen molar-refractivity contribution < 1.29 is 0 Å². The molecule has 3 aliphatic rings. The Morgan fingerprint density at radius 3 is 2.68 bits per heavy atom. The summed E-state index contributed by atoms with van der Waals surface area (Å²) in [6.07, 6.45) is 10.7. The van der Waals surface area contributed by atoms with Crippen molar-refractivity contribution >= 4 is 11.6 Å². The number of benzene rings is 2. The molecule has 0 N–H and O–H groups in total. The van der Waals surface area contributed by atoms with Gasteiger partial charge in [0.1, 0.15) is 12.7 Å². The van der Waals surface area contributed by atoms with Crippen LogP contribution in [-0.2, 0) is 5.41 Å². The molecule has 1 atom stereocenters. The van der Waals surface area contributed by atoms with E-state index in [0.717, 1.165) is 6.42 Å². The van der Waals surface area contributed by atoms with Gasteiger partial charge in [-0.1, -0.05) is 50.3 Å². The Morgan fingerprint density at radius 1 is 1.00 bits per heavy atom. The van der Waals surface area contributed by atoms with Gasteiger partial charge in [0, 0.05) is 17.0 Å². The summed E-state index contributed by atoms with van der Waals surface area (Å²) < 4.78 is 0. The lowest BCUT2D eigenvalue weighted by Gasteiger charge is -2.24. The molecule has 0 spiro atoms. The molecule has 0 amide bonds. The van der Waals surface area contributed by atoms with Crippen LogP contribution in [0.2, 0.25) is 0 Å². The average molecular weight is 364 g/mol. The summed E-state index contributed by atoms with van der Waals surface area (Å²) in [4.78, 5) is 15.1. The average Bonchev–Trinajstić information content (AvgIpc) is 3.17. The third-order valence-corrected chi connectivity index (χ3v) is 6.42. The van der Waals surface area contributed by atoms with Crippen molar-refractivity contribution in [3.05, 3.63) is 89.7 Å². The second-order valence-corrected chi connectivity index (χ2v) is 8.21. The summed E-state index contributed by atoms with van der Waals surface area (Å²) in [5, 5.41) is 0. The summed E-state index contributed by atoms with van der Waals surface area (Å²) in [5.41, 5.74) is 9.29. The van der Waals surface area contributed by atoms with E-state index in [2.05, 4.69) is 88.3 Å². The van der Waals surface area contributed by atoms with Crippen molar-refractivity contribution in [3.63, 3.8) is 0 Å². The summed E-state index contributed by atoms with van der Waals surface area (Å²) in [5.74, 6) is 1.03. The van der Waals surface area contributed by atoms with Crippen LogP contribution in [-0.4, -0.2) is 15.0 Å². The van der Waals surface area contributed by atoms with Gasteiger partial charge in [-0.25, -0.2) is 15.0 Å². The largest absolute Gasteiger partial charge is 0.282 e. The van der Waals surface area contributed by atoms with E-state index in [-0.39, 0.29) is 5.41 Å². The zero-order chi connectivity index (χ0) is 18.9. The lowest BCUT2D eigenvalue weighted by atomic mass is 9.81. The molecule has 0 bridgehead atoms. The molecular formula is C24H20N4. The molecule has 1 unspecified atom stereocenters. The fourth-order valence-electron chi connectivity index (χ4n) is 5.07. The Kier molecular flexibility index (Phi) is 3.03. The zero-order valence-corrected chi connectivity index (χ0v) is 15.9. The Hall–Kier alpha value is -3.27. The van der Waals surface area contributed by atoms with Gasteiger partial charge in [-0.3, -0.25) is 4.90 Å². The molecular weight excluding hydrogens is 344 g/mol. The molecule has 28 heavy (non-hydrogen) atoms. The first kappa shape index (κ1) is 15.8. The standard InChI is InChI=1S/C24H20N4/c1-24(2)19-9-5-3-7-15(19)17-11-18-16-8-4-6-10-21(16)28(22(18)12-20(17)24)23-26-13-25-14-27-23/h3-7,9-14,16H,8H2,1-2H3. The molecule has 136 valence electrons. The van der Waals surface area contributed by atoms with Crippen LogP contribution in [0, 0.1) is 0 Å². The third kappa shape index (κ3) is 1.92. The van der Waals surface area contributed by atoms with Gasteiger partial charge in [-0.05, 0) is 52.4 Å². The maximum Gasteiger partial charge on any atom is 0.237 e. The second-order valence-electron chi connectivity index (χ2n) is 8.21. The molecule has 4 heteroatoms. The Balaban J connectivity index is 1.63. The van der Waals surface area contributed by atoms with Crippen LogP contribution in [0.15, 0.2) is 73.0 Å². The van der Waals surface area contributed by atoms with Crippen molar-refractivity contribution in [2.75, 3.05) is 4.90 Å². The lowest BCUT2D eigenvalue weighted by molar-refractivity contribution is 0.660. The molecule has 0 fully saturated rings. The number of rotatable bonds is 1. The van der Waals surface area contributed by atoms with Crippen molar-refractivity contribution in [2.45, 2.75) is 31.6 Å². The zero-order valence-electron chi connectivity index (χ0n) is 15.9. The third-order valence-electron chi connectivity index (χ3n) is 6.42. The Labute approximate surface area is 164 Å². The molecule has 6 rings (SSSR count). The van der Waals surface area contributed by atoms with Crippen LogP contribution in [0.25, 0.3) is 11.1 Å². The van der Waals surface area contributed by atoms with Crippen LogP contribution >= 0.6 is 0 Å². The molecule has 1 aliphatic heterocycles. The van der Waals surface area contributed by atoms with Gasteiger partial charge in [0.15, 0.2) is 0 Å². The molecule has 0 saturated heterocycles. The topological polar surface area (TPSA) is 41.9 Å². The molecule has 0 saturated carbocycles. The van der Waals surface area contributed by atoms with Gasteiger partial charge in [-0.2, -0.15) is 0 Å². The van der Waals surface area contributed by atoms with Crippen LogP contribution in [0.5, 0.6) is 0 Å². The molecule has 2 heterocycles. The first-order valence-corrected chi connectivity index (χ1v) is 9.73. The fourth-order valence-corrected chi connectivity index (χ4v) is 5.07. The lowest BCUT2D eigenvalue weighted by Crippen LogP contribution is -2.18. The van der Waals surface area contributed by atoms with E-state index in [4.69, 9.17) is 0 Å². The number of fused-ring (bicyclic) bond motifs is 6. The van der Waals surface area contributed by atoms with Crippen molar-refractivity contribution in [3.8, 4) is 11.1 Å². The molecule has 0 radical (unpaired) electrons. The van der Waals surface area contributed by atoms with Crippen molar-refractivity contribution in [2.24, 2.45) is 0 Å². The summed E-state index contributed by atoms with van der Waals surface area (Å²) >= 11 is 0. The van der Waals surface area contributed by atoms with Gasteiger partial charge < -0.3 is 0 Å². The predicted molar refractivity (Wildman–Crippen MR) is 111 cm³/mol. The number of aromatic nitrogens is 3.